The number of esters is 1. The fourth-order valence-electron chi connectivity index (χ4n) is 21.0. The molecule has 13 heterocycles. The summed E-state index contributed by atoms with van der Waals surface area (Å²) in [7, 11) is 1.45. The smallest absolute Gasteiger partial charge is 0.320 e. The molecule has 0 unspecified atom stereocenters. The van der Waals surface area contributed by atoms with Gasteiger partial charge in [0.15, 0.2) is 17.3 Å². The van der Waals surface area contributed by atoms with Crippen LogP contribution in [0.4, 0.5) is 58.2 Å². The van der Waals surface area contributed by atoms with E-state index in [1.54, 1.807) is 0 Å². The minimum atomic E-state index is -0.105. The molecule has 19 rings (SSSR count). The lowest BCUT2D eigenvalue weighted by atomic mass is 9.90. The number of methoxy groups -OCH3 is 1. The van der Waals surface area contributed by atoms with Gasteiger partial charge in [0.25, 0.3) is 0 Å². The number of likely N-dealkylation sites (tertiary alicyclic amines) is 2. The number of ether oxygens (including phenoxy) is 4. The van der Waals surface area contributed by atoms with Crippen LogP contribution >= 0.6 is 0 Å². The molecule has 8 aliphatic heterocycles. The van der Waals surface area contributed by atoms with E-state index in [1.807, 2.05) is 45.0 Å². The molecule has 790 valence electrons. The molecule has 10 N–H and O–H groups in total. The van der Waals surface area contributed by atoms with Crippen molar-refractivity contribution in [3.05, 3.63) is 240 Å². The summed E-state index contributed by atoms with van der Waals surface area (Å²) in [6.45, 7) is 38.0. The summed E-state index contributed by atoms with van der Waals surface area (Å²) in [5, 5.41) is 9.13. The Morgan fingerprint density at radius 2 is 0.732 bits per heavy atom. The van der Waals surface area contributed by atoms with Crippen molar-refractivity contribution >= 4 is 81.5 Å². The van der Waals surface area contributed by atoms with Crippen LogP contribution < -0.4 is 67.4 Å². The molecule has 0 saturated carbocycles. The molecule has 0 amide bonds. The fraction of sp³-hybridized carbons (Fsp3) is 0.496. The number of Topliss-reactive ketones (excluding diaryl/α,β-unsaturated/α-hetero) is 3. The topological polar surface area (TPSA) is 414 Å². The highest BCUT2D eigenvalue weighted by Gasteiger charge is 2.35. The second-order valence-corrected chi connectivity index (χ2v) is 41.1. The van der Waals surface area contributed by atoms with E-state index in [0.29, 0.717) is 123 Å². The van der Waals surface area contributed by atoms with Crippen LogP contribution in [0.25, 0.3) is 0 Å². The van der Waals surface area contributed by atoms with Gasteiger partial charge in [-0.15, -0.1) is 0 Å². The molecule has 5 aromatic heterocycles. The van der Waals surface area contributed by atoms with Gasteiger partial charge in [-0.1, -0.05) is 208 Å². The Kier molecular flexibility index (Phi) is 39.6. The molecule has 2 fully saturated rings. The van der Waals surface area contributed by atoms with Crippen LogP contribution in [0.15, 0.2) is 133 Å². The molecular formula is C117H154N24O8. The molecule has 9 aliphatic rings. The molecular weight excluding hydrogens is 1870 g/mol. The van der Waals surface area contributed by atoms with Gasteiger partial charge in [0, 0.05) is 145 Å². The number of nitrogens with zero attached hydrogens (tertiary/aromatic N) is 19. The number of piperidine rings is 1. The number of fused-ring (bicyclic) bond motifs is 7. The number of nitriles is 1. The first-order chi connectivity index (χ1) is 72.4. The van der Waals surface area contributed by atoms with E-state index in [4.69, 9.17) is 62.8 Å². The van der Waals surface area contributed by atoms with Gasteiger partial charge in [-0.2, -0.15) is 35.2 Å². The van der Waals surface area contributed by atoms with E-state index >= 15 is 0 Å². The number of ketones is 3. The van der Waals surface area contributed by atoms with Gasteiger partial charge in [0.1, 0.15) is 69.8 Å². The monoisotopic (exact) mass is 2020 g/mol. The highest BCUT2D eigenvalue weighted by Crippen LogP contribution is 2.40. The zero-order chi connectivity index (χ0) is 105. The fourth-order valence-corrected chi connectivity index (χ4v) is 21.0. The number of anilines is 10. The summed E-state index contributed by atoms with van der Waals surface area (Å²) in [5.74, 6) is 8.20. The van der Waals surface area contributed by atoms with Gasteiger partial charge in [-0.05, 0) is 196 Å². The number of carbonyl (C=O) groups is 4. The van der Waals surface area contributed by atoms with Crippen LogP contribution in [0.1, 0.15) is 263 Å². The first kappa shape index (κ1) is 109. The number of hydrogen-bond donors (Lipinski definition) is 5. The predicted octanol–water partition coefficient (Wildman–Crippen LogP) is 17.0. The van der Waals surface area contributed by atoms with E-state index in [-0.39, 0.29) is 61.1 Å². The zero-order valence-electron chi connectivity index (χ0n) is 88.9. The molecule has 0 bridgehead atoms. The van der Waals surface area contributed by atoms with Crippen LogP contribution in [-0.4, -0.2) is 187 Å². The first-order valence-electron chi connectivity index (χ1n) is 54.3. The summed E-state index contributed by atoms with van der Waals surface area (Å²) < 4.78 is 22.0. The molecule has 0 radical (unpaired) electrons. The third-order valence-corrected chi connectivity index (χ3v) is 29.0. The van der Waals surface area contributed by atoms with Crippen molar-refractivity contribution in [2.24, 2.45) is 5.92 Å². The van der Waals surface area contributed by atoms with Crippen molar-refractivity contribution in [2.45, 2.75) is 274 Å². The highest BCUT2D eigenvalue weighted by atomic mass is 16.5. The van der Waals surface area contributed by atoms with Gasteiger partial charge in [0.2, 0.25) is 0 Å². The van der Waals surface area contributed by atoms with Crippen molar-refractivity contribution < 1.29 is 38.1 Å². The number of rotatable bonds is 36. The van der Waals surface area contributed by atoms with E-state index in [1.165, 1.54) is 134 Å². The van der Waals surface area contributed by atoms with Crippen molar-refractivity contribution in [1.82, 2.24) is 64.5 Å². The van der Waals surface area contributed by atoms with Gasteiger partial charge in [-0.25, -0.2) is 19.9 Å². The summed E-state index contributed by atoms with van der Waals surface area (Å²) in [4.78, 5) is 112. The number of unbranched alkanes of at least 4 members (excludes halogenated alkanes) is 7. The summed E-state index contributed by atoms with van der Waals surface area (Å²) in [5.41, 5.74) is 52.3. The van der Waals surface area contributed by atoms with E-state index < -0.39 is 0 Å². The number of likely N-dealkylation sites (N-methyl/N-ethyl adjacent to an activating group) is 1. The lowest BCUT2D eigenvalue weighted by Crippen LogP contribution is -2.37. The van der Waals surface area contributed by atoms with Crippen molar-refractivity contribution in [2.75, 3.05) is 152 Å². The van der Waals surface area contributed by atoms with Crippen LogP contribution in [0.3, 0.4) is 0 Å². The van der Waals surface area contributed by atoms with Crippen molar-refractivity contribution in [3.8, 4) is 24.1 Å². The van der Waals surface area contributed by atoms with E-state index in [9.17, 15) is 19.2 Å². The predicted molar refractivity (Wildman–Crippen MR) is 590 cm³/mol. The molecule has 32 heteroatoms. The van der Waals surface area contributed by atoms with Crippen molar-refractivity contribution in [1.29, 1.82) is 5.26 Å². The number of carbonyl (C=O) groups excluding carboxylic acids is 4. The number of nitrogen functional groups attached to an aromatic ring is 5. The molecule has 149 heavy (non-hydrogen) atoms. The molecule has 10 aromatic rings. The second-order valence-electron chi connectivity index (χ2n) is 41.1. The van der Waals surface area contributed by atoms with E-state index in [0.717, 1.165) is 236 Å². The Morgan fingerprint density at radius 1 is 0.369 bits per heavy atom. The summed E-state index contributed by atoms with van der Waals surface area (Å²) in [6.07, 6.45) is 27.1. The Morgan fingerprint density at radius 3 is 1.15 bits per heavy atom. The van der Waals surface area contributed by atoms with Gasteiger partial charge in [0.05, 0.1) is 64.1 Å². The minimum absolute atomic E-state index is 0.00422. The third-order valence-electron chi connectivity index (χ3n) is 29.0. The highest BCUT2D eigenvalue weighted by molar-refractivity contribution is 5.93. The first-order valence-corrected chi connectivity index (χ1v) is 54.3. The number of benzene rings is 5. The third kappa shape index (κ3) is 30.3. The second kappa shape index (κ2) is 53.9. The molecule has 0 spiro atoms. The number of aryl methyl sites for hydroxylation is 4. The minimum Gasteiger partial charge on any atom is -0.469 e. The molecule has 0 atom stereocenters. The van der Waals surface area contributed by atoms with Crippen LogP contribution in [0.5, 0.6) is 18.0 Å². The maximum atomic E-state index is 12.5. The summed E-state index contributed by atoms with van der Waals surface area (Å²) in [6, 6.07) is 41.5. The average Bonchev–Trinajstić information content (AvgIpc) is 0.914. The zero-order valence-corrected chi connectivity index (χ0v) is 88.9. The lowest BCUT2D eigenvalue weighted by Gasteiger charge is -2.32. The summed E-state index contributed by atoms with van der Waals surface area (Å²) >= 11 is 0. The van der Waals surface area contributed by atoms with Gasteiger partial charge < -0.3 is 72.1 Å². The van der Waals surface area contributed by atoms with E-state index in [2.05, 4.69) is 204 Å². The SMILES string of the molecule is C=C1Cc2c(N)nc(CCCCC)nc2N(Cc2cccc(C#N)c2)C1.C=C1Cc2c(N)nc(CCCCC)nc2N(Cc2cccc(CN3CCCC3)c2)C1.CCCCOc1nc(N)c2c(n1)N(Cc1ccc3c(c1)CCCC3)CC(=O)C2.CCCCOc1nc(N)c2c(n1)N(Cc1ccc3c(c1)CN(CC)CC3)CC(=O)C2.CCCCOc1nc(N)c2c(n1)N(Cc1cccc(CN3CCC(C(=O)OC)CC3)c1)CC(=O)C2. The standard InChI is InChI=1S/C26H35N5O4.C25H35N5.C23H31N5O2.C22H28N4O2.C21H25N5/c1-3-4-12-35-26-28-23(27)22-14-21(32)17-31(24(22)29-26)16-19-7-5-6-18(13-19)15-30-10-8-20(9-11-30)25(33)34-2;1-3-4-5-11-23-27-24(26)22-14-19(2)16-30(25(22)28-23)18-21-10-8-9-20(15-21)17-29-12-6-7-13-29;1-3-5-10-30-23-25-21(24)20-12-19(29)15-28(22(20)26-23)13-16-6-7-17-8-9-27(4-2)14-18(17)11-16;1-2-3-10-28-22-24-20(23)19-12-18(27)14-26(21(19)25-22)13-15-8-9-16-6-4-5-7-17(16)11-15;1-3-4-5-9-19-24-20(23)18-10-15(2)13-26(21(18)25-19)14-17-8-6-7-16(11-17)12-22/h5-7,13,20H,3-4,8-12,14-17H2,1-2H3,(H2,27,28,29);8-10,15H,2-7,11-14,16-18H2,1H3,(H2,26,27,28);6-7,11H,3-5,8-10,12-15H2,1-2H3,(H2,24,25,26);8-9,11H,2-7,10,12-14H2,1H3,(H2,23,24,25);6-8,11H,2-5,9-10,13-14H2,1H3,(H2,23,24,25). The van der Waals surface area contributed by atoms with Crippen LogP contribution in [-0.2, 0) is 140 Å². The number of aromatic nitrogens is 10. The lowest BCUT2D eigenvalue weighted by molar-refractivity contribution is -0.147. The molecule has 2 saturated heterocycles. The maximum Gasteiger partial charge on any atom is 0.320 e. The Hall–Kier alpha value is -13.8. The average molecular weight is 2020 g/mol. The van der Waals surface area contributed by atoms with Crippen LogP contribution in [0, 0.1) is 17.2 Å². The van der Waals surface area contributed by atoms with Crippen LogP contribution in [0.2, 0.25) is 0 Å². The Balaban J connectivity index is 0.000000140. The number of nitrogens with two attached hydrogens (primary N) is 5. The molecule has 32 nitrogen and oxygen atoms in total. The van der Waals surface area contributed by atoms with Gasteiger partial charge >= 0.3 is 24.0 Å². The molecule has 1 aliphatic carbocycles. The Labute approximate surface area is 879 Å². The number of hydrogen-bond acceptors (Lipinski definition) is 32. The van der Waals surface area contributed by atoms with Gasteiger partial charge in [-0.3, -0.25) is 33.9 Å². The largest absolute Gasteiger partial charge is 0.469 e. The quantitative estimate of drug-likeness (QED) is 0.0138. The van der Waals surface area contributed by atoms with Crippen molar-refractivity contribution in [3.63, 3.8) is 0 Å². The maximum absolute atomic E-state index is 12.5. The Bertz CT molecular complexity index is 6350. The molecule has 5 aromatic carbocycles. The normalized spacial score (nSPS) is 15.9.